The number of nitrogens with zero attached hydrogens (tertiary/aromatic N) is 2. The highest BCUT2D eigenvalue weighted by atomic mass is 15.2. The Morgan fingerprint density at radius 3 is 2.26 bits per heavy atom. The van der Waals surface area contributed by atoms with Gasteiger partial charge < -0.3 is 9.80 Å². The first kappa shape index (κ1) is 22.6. The summed E-state index contributed by atoms with van der Waals surface area (Å²) in [6.07, 6.45) is 14.4. The lowest BCUT2D eigenvalue weighted by molar-refractivity contribution is 1.12. The van der Waals surface area contributed by atoms with Crippen LogP contribution in [0.25, 0.3) is 0 Å². The standard InChI is InChI=1S/C32H29BN2/c1-5-9-17-24(7-3)34-28(8-4)26(16-6-2)33-27-20-13-14-21-29(27)35(25-18-11-10-12-19-25)31-23-15-22-30(34)32(31)33/h5-23H,1,4H2,2-3H3/b16-6-,17-9-,24-7+. The van der Waals surface area contributed by atoms with Crippen LogP contribution in [0.1, 0.15) is 13.8 Å². The third-order valence-electron chi connectivity index (χ3n) is 6.68. The van der Waals surface area contributed by atoms with E-state index in [4.69, 9.17) is 0 Å². The van der Waals surface area contributed by atoms with Crippen LogP contribution in [0.5, 0.6) is 0 Å². The molecule has 0 aliphatic carbocycles. The molecule has 3 aromatic carbocycles. The van der Waals surface area contributed by atoms with E-state index in [2.05, 4.69) is 134 Å². The molecule has 2 nitrogen and oxygen atoms in total. The smallest absolute Gasteiger partial charge is 0.252 e. The molecule has 2 heterocycles. The van der Waals surface area contributed by atoms with E-state index in [1.54, 1.807) is 0 Å². The largest absolute Gasteiger partial charge is 0.312 e. The summed E-state index contributed by atoms with van der Waals surface area (Å²) in [5, 5.41) is 0. The molecular weight excluding hydrogens is 423 g/mol. The van der Waals surface area contributed by atoms with Gasteiger partial charge >= 0.3 is 0 Å². The van der Waals surface area contributed by atoms with Crippen LogP contribution >= 0.6 is 0 Å². The average molecular weight is 452 g/mol. The average Bonchev–Trinajstić information content (AvgIpc) is 2.91. The minimum Gasteiger partial charge on any atom is -0.312 e. The van der Waals surface area contributed by atoms with Crippen LogP contribution in [0.2, 0.25) is 0 Å². The topological polar surface area (TPSA) is 6.48 Å². The summed E-state index contributed by atoms with van der Waals surface area (Å²) in [5.74, 6) is 0. The van der Waals surface area contributed by atoms with E-state index in [1.807, 2.05) is 18.2 Å². The summed E-state index contributed by atoms with van der Waals surface area (Å²) < 4.78 is 0. The number of hydrogen-bond donors (Lipinski definition) is 0. The molecule has 0 radical (unpaired) electrons. The highest BCUT2D eigenvalue weighted by Crippen LogP contribution is 2.43. The van der Waals surface area contributed by atoms with Crippen molar-refractivity contribution in [3.63, 3.8) is 0 Å². The second-order valence-electron chi connectivity index (χ2n) is 8.56. The van der Waals surface area contributed by atoms with Gasteiger partial charge in [-0.05, 0) is 72.7 Å². The second kappa shape index (κ2) is 9.56. The van der Waals surface area contributed by atoms with Crippen molar-refractivity contribution in [2.24, 2.45) is 0 Å². The molecule has 0 fully saturated rings. The highest BCUT2D eigenvalue weighted by Gasteiger charge is 2.42. The summed E-state index contributed by atoms with van der Waals surface area (Å²) in [6, 6.07) is 26.0. The van der Waals surface area contributed by atoms with Gasteiger partial charge in [-0.25, -0.2) is 0 Å². The van der Waals surface area contributed by atoms with Gasteiger partial charge in [-0.15, -0.1) is 0 Å². The fourth-order valence-electron chi connectivity index (χ4n) is 5.35. The molecule has 0 spiro atoms. The van der Waals surface area contributed by atoms with Gasteiger partial charge in [0, 0.05) is 34.1 Å². The zero-order valence-electron chi connectivity index (χ0n) is 20.4. The first-order valence-corrected chi connectivity index (χ1v) is 12.1. The molecule has 0 saturated heterocycles. The normalized spacial score (nSPS) is 15.0. The highest BCUT2D eigenvalue weighted by molar-refractivity contribution is 6.95. The molecule has 3 heteroatoms. The van der Waals surface area contributed by atoms with Gasteiger partial charge in [0.05, 0.1) is 0 Å². The van der Waals surface area contributed by atoms with Crippen LogP contribution in [0.3, 0.4) is 0 Å². The van der Waals surface area contributed by atoms with Gasteiger partial charge in [0.1, 0.15) is 0 Å². The molecule has 0 atom stereocenters. The van der Waals surface area contributed by atoms with Crippen LogP contribution in [-0.2, 0) is 0 Å². The zero-order valence-corrected chi connectivity index (χ0v) is 20.4. The fourth-order valence-corrected chi connectivity index (χ4v) is 5.35. The first-order valence-electron chi connectivity index (χ1n) is 12.1. The van der Waals surface area contributed by atoms with E-state index in [-0.39, 0.29) is 6.71 Å². The zero-order chi connectivity index (χ0) is 24.4. The van der Waals surface area contributed by atoms with Crippen LogP contribution < -0.4 is 20.7 Å². The molecule has 0 amide bonds. The Bertz CT molecular complexity index is 1410. The lowest BCUT2D eigenvalue weighted by atomic mass is 9.33. The lowest BCUT2D eigenvalue weighted by Crippen LogP contribution is -2.56. The molecule has 0 aromatic heterocycles. The van der Waals surface area contributed by atoms with E-state index in [1.165, 1.54) is 33.5 Å². The van der Waals surface area contributed by atoms with Crippen molar-refractivity contribution in [2.75, 3.05) is 9.80 Å². The SMILES string of the molecule is C=C/C=C\C(=C/C)N1C(C=C)=C(/C=C\C)B2c3ccccc3N(c3ccccc3)c3cccc1c32. The Hall–Kier alpha value is -4.24. The molecule has 0 unspecified atom stereocenters. The van der Waals surface area contributed by atoms with E-state index in [9.17, 15) is 0 Å². The number of fused-ring (bicyclic) bond motifs is 2. The molecular formula is C32H29BN2. The number of anilines is 4. The Kier molecular flexibility index (Phi) is 6.16. The Morgan fingerprint density at radius 2 is 1.54 bits per heavy atom. The lowest BCUT2D eigenvalue weighted by Gasteiger charge is -2.44. The number of rotatable bonds is 6. The van der Waals surface area contributed by atoms with E-state index >= 15 is 0 Å². The van der Waals surface area contributed by atoms with Gasteiger partial charge in [0.2, 0.25) is 0 Å². The van der Waals surface area contributed by atoms with E-state index in [0.717, 1.165) is 17.1 Å². The fraction of sp³-hybridized carbons (Fsp3) is 0.0625. The van der Waals surface area contributed by atoms with Gasteiger partial charge in [-0.1, -0.05) is 86.0 Å². The van der Waals surface area contributed by atoms with Crippen molar-refractivity contribution in [3.8, 4) is 0 Å². The molecule has 0 saturated carbocycles. The molecule has 35 heavy (non-hydrogen) atoms. The predicted molar refractivity (Wildman–Crippen MR) is 154 cm³/mol. The van der Waals surface area contributed by atoms with Crippen molar-refractivity contribution in [3.05, 3.63) is 145 Å². The molecule has 3 aromatic rings. The van der Waals surface area contributed by atoms with Gasteiger partial charge in [0.25, 0.3) is 6.71 Å². The van der Waals surface area contributed by atoms with Gasteiger partial charge in [-0.2, -0.15) is 0 Å². The Morgan fingerprint density at radius 1 is 0.829 bits per heavy atom. The van der Waals surface area contributed by atoms with Gasteiger partial charge in [-0.3, -0.25) is 0 Å². The van der Waals surface area contributed by atoms with Crippen LogP contribution in [0.4, 0.5) is 22.7 Å². The first-order chi connectivity index (χ1) is 17.2. The number of para-hydroxylation sites is 2. The third kappa shape index (κ3) is 3.61. The summed E-state index contributed by atoms with van der Waals surface area (Å²) in [4.78, 5) is 4.72. The molecule has 170 valence electrons. The maximum absolute atomic E-state index is 4.25. The summed E-state index contributed by atoms with van der Waals surface area (Å²) in [7, 11) is 0. The molecule has 0 bridgehead atoms. The molecule has 5 rings (SSSR count). The molecule has 2 aliphatic rings. The minimum atomic E-state index is 0.110. The van der Waals surface area contributed by atoms with Crippen LogP contribution in [0, 0.1) is 0 Å². The molecule has 0 N–H and O–H groups in total. The monoisotopic (exact) mass is 452 g/mol. The number of benzene rings is 3. The van der Waals surface area contributed by atoms with Crippen LogP contribution in [0.15, 0.2) is 145 Å². The number of hydrogen-bond acceptors (Lipinski definition) is 2. The molecule has 2 aliphatic heterocycles. The van der Waals surface area contributed by atoms with E-state index < -0.39 is 0 Å². The quantitative estimate of drug-likeness (QED) is 0.291. The van der Waals surface area contributed by atoms with Crippen molar-refractivity contribution in [1.29, 1.82) is 0 Å². The minimum absolute atomic E-state index is 0.110. The third-order valence-corrected chi connectivity index (χ3v) is 6.68. The van der Waals surface area contributed by atoms with Crippen molar-refractivity contribution in [2.45, 2.75) is 13.8 Å². The van der Waals surface area contributed by atoms with Crippen molar-refractivity contribution >= 4 is 40.4 Å². The Balaban J connectivity index is 1.89. The maximum atomic E-state index is 4.25. The predicted octanol–water partition coefficient (Wildman–Crippen LogP) is 7.10. The maximum Gasteiger partial charge on any atom is 0.252 e. The summed E-state index contributed by atoms with van der Waals surface area (Å²) in [5.41, 5.74) is 10.8. The van der Waals surface area contributed by atoms with E-state index in [0.29, 0.717) is 0 Å². The summed E-state index contributed by atoms with van der Waals surface area (Å²) >= 11 is 0. The number of allylic oxidation sites excluding steroid dienone is 8. The van der Waals surface area contributed by atoms with Crippen LogP contribution in [-0.4, -0.2) is 6.71 Å². The summed E-state index contributed by atoms with van der Waals surface area (Å²) in [6.45, 7) is 12.4. The second-order valence-corrected chi connectivity index (χ2v) is 8.56. The van der Waals surface area contributed by atoms with Crippen molar-refractivity contribution in [1.82, 2.24) is 0 Å². The Labute approximate surface area is 209 Å². The van der Waals surface area contributed by atoms with Gasteiger partial charge in [0.15, 0.2) is 0 Å². The van der Waals surface area contributed by atoms with Crippen molar-refractivity contribution < 1.29 is 0 Å².